The van der Waals surface area contributed by atoms with Gasteiger partial charge in [0.2, 0.25) is 0 Å². The van der Waals surface area contributed by atoms with E-state index in [0.29, 0.717) is 6.04 Å². The second-order valence-corrected chi connectivity index (χ2v) is 6.43. The van der Waals surface area contributed by atoms with Crippen LogP contribution in [0.3, 0.4) is 0 Å². The summed E-state index contributed by atoms with van der Waals surface area (Å²) < 4.78 is 1.98. The van der Waals surface area contributed by atoms with Gasteiger partial charge in [-0.25, -0.2) is 0 Å². The van der Waals surface area contributed by atoms with Gasteiger partial charge in [0, 0.05) is 18.8 Å². The Morgan fingerprint density at radius 1 is 1.10 bits per heavy atom. The smallest absolute Gasteiger partial charge is 0.0827 e. The first-order valence-corrected chi connectivity index (χ1v) is 8.20. The van der Waals surface area contributed by atoms with Crippen molar-refractivity contribution >= 4 is 0 Å². The van der Waals surface area contributed by atoms with Gasteiger partial charge in [0.1, 0.15) is 0 Å². The van der Waals surface area contributed by atoms with Gasteiger partial charge >= 0.3 is 0 Å². The summed E-state index contributed by atoms with van der Waals surface area (Å²) in [6.07, 6.45) is 9.52. The normalized spacial score (nSPS) is 11.7. The Morgan fingerprint density at radius 2 is 1.90 bits per heavy atom. The molecule has 4 heteroatoms. The lowest BCUT2D eigenvalue weighted by atomic mass is 10.0. The van der Waals surface area contributed by atoms with Crippen LogP contribution in [0, 0.1) is 5.92 Å². The summed E-state index contributed by atoms with van der Waals surface area (Å²) >= 11 is 0. The Bertz CT molecular complexity index is 344. The van der Waals surface area contributed by atoms with Gasteiger partial charge in [-0.15, -0.1) is 5.10 Å². The lowest BCUT2D eigenvalue weighted by molar-refractivity contribution is 0.505. The van der Waals surface area contributed by atoms with Crippen molar-refractivity contribution in [2.24, 2.45) is 5.92 Å². The molecule has 0 spiro atoms. The maximum atomic E-state index is 4.26. The van der Waals surface area contributed by atoms with Crippen LogP contribution >= 0.6 is 0 Å². The molecular weight excluding hydrogens is 248 g/mol. The largest absolute Gasteiger partial charge is 0.314 e. The van der Waals surface area contributed by atoms with Crippen molar-refractivity contribution in [2.75, 3.05) is 6.54 Å². The molecular formula is C16H32N4. The quantitative estimate of drug-likeness (QED) is 0.632. The number of nitrogens with one attached hydrogen (secondary N) is 1. The summed E-state index contributed by atoms with van der Waals surface area (Å²) in [6.45, 7) is 10.9. The Balaban J connectivity index is 2.10. The van der Waals surface area contributed by atoms with Gasteiger partial charge in [-0.3, -0.25) is 4.68 Å². The third kappa shape index (κ3) is 8.31. The van der Waals surface area contributed by atoms with Crippen molar-refractivity contribution in [3.8, 4) is 0 Å². The molecule has 1 aromatic heterocycles. The third-order valence-corrected chi connectivity index (χ3v) is 3.42. The highest BCUT2D eigenvalue weighted by atomic mass is 15.4. The van der Waals surface area contributed by atoms with Crippen LogP contribution in [-0.4, -0.2) is 27.6 Å². The summed E-state index contributed by atoms with van der Waals surface area (Å²) in [6, 6.07) is 0.562. The first-order chi connectivity index (χ1) is 9.58. The van der Waals surface area contributed by atoms with E-state index in [0.717, 1.165) is 37.5 Å². The zero-order valence-corrected chi connectivity index (χ0v) is 13.7. The average Bonchev–Trinajstić information content (AvgIpc) is 2.81. The van der Waals surface area contributed by atoms with Crippen LogP contribution in [0.25, 0.3) is 0 Å². The monoisotopic (exact) mass is 280 g/mol. The van der Waals surface area contributed by atoms with Crippen LogP contribution in [0.2, 0.25) is 0 Å². The van der Waals surface area contributed by atoms with Crippen molar-refractivity contribution in [1.29, 1.82) is 0 Å². The predicted octanol–water partition coefficient (Wildman–Crippen LogP) is 3.43. The predicted molar refractivity (Wildman–Crippen MR) is 84.8 cm³/mol. The van der Waals surface area contributed by atoms with Gasteiger partial charge in [0.25, 0.3) is 0 Å². The molecule has 0 bridgehead atoms. The average molecular weight is 280 g/mol. The molecule has 0 fully saturated rings. The molecule has 0 radical (unpaired) electrons. The van der Waals surface area contributed by atoms with E-state index in [1.54, 1.807) is 0 Å². The highest BCUT2D eigenvalue weighted by molar-refractivity contribution is 4.92. The van der Waals surface area contributed by atoms with Crippen LogP contribution in [0.4, 0.5) is 0 Å². The molecule has 4 nitrogen and oxygen atoms in total. The molecule has 1 N–H and O–H groups in total. The minimum absolute atomic E-state index is 0.562. The molecule has 1 aromatic rings. The highest BCUT2D eigenvalue weighted by Crippen LogP contribution is 2.10. The number of unbranched alkanes of at least 4 members (excludes halogenated alkanes) is 2. The molecule has 116 valence electrons. The SMILES string of the molecule is CC(C)CCCCCc1cn(CCCNC(C)C)nn1. The molecule has 0 aliphatic carbocycles. The maximum absolute atomic E-state index is 4.26. The molecule has 0 saturated carbocycles. The second kappa shape index (κ2) is 9.92. The summed E-state index contributed by atoms with van der Waals surface area (Å²) in [5, 5.41) is 11.9. The van der Waals surface area contributed by atoms with Crippen LogP contribution < -0.4 is 5.32 Å². The lowest BCUT2D eigenvalue weighted by Gasteiger charge is -2.06. The van der Waals surface area contributed by atoms with E-state index in [4.69, 9.17) is 0 Å². The summed E-state index contributed by atoms with van der Waals surface area (Å²) in [5.74, 6) is 0.829. The Kier molecular flexibility index (Phi) is 8.51. The fraction of sp³-hybridized carbons (Fsp3) is 0.875. The Labute approximate surface area is 124 Å². The molecule has 0 aliphatic rings. The highest BCUT2D eigenvalue weighted by Gasteiger charge is 2.01. The minimum atomic E-state index is 0.562. The van der Waals surface area contributed by atoms with Crippen LogP contribution in [-0.2, 0) is 13.0 Å². The van der Waals surface area contributed by atoms with E-state index < -0.39 is 0 Å². The summed E-state index contributed by atoms with van der Waals surface area (Å²) in [4.78, 5) is 0. The Morgan fingerprint density at radius 3 is 2.60 bits per heavy atom. The first-order valence-electron chi connectivity index (χ1n) is 8.20. The number of hydrogen-bond donors (Lipinski definition) is 1. The second-order valence-electron chi connectivity index (χ2n) is 6.43. The number of rotatable bonds is 11. The van der Waals surface area contributed by atoms with Crippen molar-refractivity contribution < 1.29 is 0 Å². The van der Waals surface area contributed by atoms with Gasteiger partial charge in [-0.05, 0) is 31.7 Å². The molecule has 0 atom stereocenters. The topological polar surface area (TPSA) is 42.7 Å². The van der Waals surface area contributed by atoms with Gasteiger partial charge in [0.15, 0.2) is 0 Å². The van der Waals surface area contributed by atoms with E-state index in [1.807, 2.05) is 4.68 Å². The van der Waals surface area contributed by atoms with Gasteiger partial charge in [-0.2, -0.15) is 0 Å². The van der Waals surface area contributed by atoms with Crippen LogP contribution in [0.5, 0.6) is 0 Å². The molecule has 0 aromatic carbocycles. The maximum Gasteiger partial charge on any atom is 0.0827 e. The minimum Gasteiger partial charge on any atom is -0.314 e. The molecule has 0 amide bonds. The molecule has 20 heavy (non-hydrogen) atoms. The molecule has 0 saturated heterocycles. The van der Waals surface area contributed by atoms with Gasteiger partial charge in [-0.1, -0.05) is 52.2 Å². The van der Waals surface area contributed by atoms with Crippen molar-refractivity contribution in [3.63, 3.8) is 0 Å². The molecule has 1 rings (SSSR count). The number of aromatic nitrogens is 3. The fourth-order valence-electron chi connectivity index (χ4n) is 2.23. The third-order valence-electron chi connectivity index (χ3n) is 3.42. The number of hydrogen-bond acceptors (Lipinski definition) is 3. The van der Waals surface area contributed by atoms with Crippen LogP contribution in [0.1, 0.15) is 65.5 Å². The Hall–Kier alpha value is -0.900. The van der Waals surface area contributed by atoms with Crippen LogP contribution in [0.15, 0.2) is 6.20 Å². The zero-order valence-electron chi connectivity index (χ0n) is 13.7. The van der Waals surface area contributed by atoms with Gasteiger partial charge in [0.05, 0.1) is 5.69 Å². The lowest BCUT2D eigenvalue weighted by Crippen LogP contribution is -2.24. The van der Waals surface area contributed by atoms with E-state index >= 15 is 0 Å². The van der Waals surface area contributed by atoms with Crippen molar-refractivity contribution in [3.05, 3.63) is 11.9 Å². The zero-order chi connectivity index (χ0) is 14.8. The molecule has 0 aliphatic heterocycles. The van der Waals surface area contributed by atoms with Crippen molar-refractivity contribution in [1.82, 2.24) is 20.3 Å². The van der Waals surface area contributed by atoms with E-state index in [9.17, 15) is 0 Å². The fourth-order valence-corrected chi connectivity index (χ4v) is 2.23. The van der Waals surface area contributed by atoms with E-state index in [1.165, 1.54) is 25.7 Å². The number of nitrogens with zero attached hydrogens (tertiary/aromatic N) is 3. The standard InChI is InChI=1S/C16H32N4/c1-14(2)9-6-5-7-10-16-13-20(19-18-16)12-8-11-17-15(3)4/h13-15,17H,5-12H2,1-4H3. The first kappa shape index (κ1) is 17.2. The molecule has 1 heterocycles. The summed E-state index contributed by atoms with van der Waals surface area (Å²) in [5.41, 5.74) is 1.14. The van der Waals surface area contributed by atoms with Gasteiger partial charge < -0.3 is 5.32 Å². The molecule has 0 unspecified atom stereocenters. The van der Waals surface area contributed by atoms with E-state index in [-0.39, 0.29) is 0 Å². The number of aryl methyl sites for hydroxylation is 2. The van der Waals surface area contributed by atoms with Crippen molar-refractivity contribution in [2.45, 2.75) is 78.8 Å². The van der Waals surface area contributed by atoms with E-state index in [2.05, 4.69) is 49.5 Å². The summed E-state index contributed by atoms with van der Waals surface area (Å²) in [7, 11) is 0.